The molecule has 1 aromatic heterocycles. The number of amides is 1. The van der Waals surface area contributed by atoms with Crippen molar-refractivity contribution in [2.24, 2.45) is 0 Å². The molecule has 0 atom stereocenters. The summed E-state index contributed by atoms with van der Waals surface area (Å²) in [7, 11) is 0. The van der Waals surface area contributed by atoms with E-state index in [4.69, 9.17) is 4.42 Å². The molecule has 164 valence electrons. The fourth-order valence-corrected chi connectivity index (χ4v) is 3.78. The van der Waals surface area contributed by atoms with Gasteiger partial charge < -0.3 is 14.6 Å². The number of benzene rings is 1. The number of hydrogen-bond donors (Lipinski definition) is 2. The van der Waals surface area contributed by atoms with E-state index in [1.54, 1.807) is 0 Å². The third-order valence-electron chi connectivity index (χ3n) is 5.45. The van der Waals surface area contributed by atoms with Gasteiger partial charge in [0, 0.05) is 36.1 Å². The van der Waals surface area contributed by atoms with Crippen molar-refractivity contribution in [3.63, 3.8) is 0 Å². The molecule has 2 aliphatic rings. The van der Waals surface area contributed by atoms with Gasteiger partial charge in [-0.3, -0.25) is 9.78 Å². The number of nitrogens with one attached hydrogen (secondary N) is 2. The van der Waals surface area contributed by atoms with Gasteiger partial charge >= 0.3 is 11.9 Å². The lowest BCUT2D eigenvalue weighted by Gasteiger charge is -2.34. The van der Waals surface area contributed by atoms with E-state index in [9.17, 15) is 27.2 Å². The number of oxazole rings is 1. The van der Waals surface area contributed by atoms with Gasteiger partial charge in [0.2, 0.25) is 0 Å². The Balaban J connectivity index is 1.39. The van der Waals surface area contributed by atoms with Crippen molar-refractivity contribution in [1.82, 2.24) is 9.88 Å². The first-order chi connectivity index (χ1) is 14.7. The topological polar surface area (TPSA) is 78.3 Å². The highest BCUT2D eigenvalue weighted by Crippen LogP contribution is 2.35. The molecule has 1 saturated heterocycles. The second kappa shape index (κ2) is 8.09. The van der Waals surface area contributed by atoms with Crippen LogP contribution < -0.4 is 11.1 Å². The molecule has 1 aliphatic carbocycles. The fourth-order valence-electron chi connectivity index (χ4n) is 3.78. The van der Waals surface area contributed by atoms with Crippen LogP contribution in [0.5, 0.6) is 0 Å². The first kappa shape index (κ1) is 21.0. The van der Waals surface area contributed by atoms with Crippen LogP contribution in [0.1, 0.15) is 25.7 Å². The maximum atomic E-state index is 14.7. The highest BCUT2D eigenvalue weighted by atomic mass is 19.4. The number of carbonyl (C=O) groups is 1. The number of rotatable bonds is 3. The molecule has 0 radical (unpaired) electrons. The fraction of sp³-hybridized carbons (Fsp3) is 0.333. The normalized spacial score (nSPS) is 17.4. The first-order valence-electron chi connectivity index (χ1n) is 9.74. The number of carbonyl (C=O) groups excluding carboxylic acids is 1. The molecular formula is C21H19F4N3O3. The first-order valence-corrected chi connectivity index (χ1v) is 9.74. The second-order valence-electron chi connectivity index (χ2n) is 7.43. The minimum atomic E-state index is -4.31. The van der Waals surface area contributed by atoms with Crippen molar-refractivity contribution in [1.29, 1.82) is 0 Å². The zero-order chi connectivity index (χ0) is 22.2. The molecule has 1 aromatic carbocycles. The number of allylic oxidation sites excluding steroid dienone is 4. The quantitative estimate of drug-likeness (QED) is 0.546. The smallest absolute Gasteiger partial charge is 0.408 e. The second-order valence-corrected chi connectivity index (χ2v) is 7.43. The number of halogens is 4. The van der Waals surface area contributed by atoms with Crippen LogP contribution in [-0.2, 0) is 4.79 Å². The van der Waals surface area contributed by atoms with Gasteiger partial charge in [0.15, 0.2) is 11.4 Å². The van der Waals surface area contributed by atoms with Gasteiger partial charge in [-0.05, 0) is 49.5 Å². The molecule has 1 amide bonds. The Morgan fingerprint density at radius 1 is 1.10 bits per heavy atom. The van der Waals surface area contributed by atoms with E-state index in [2.05, 4.69) is 10.3 Å². The van der Waals surface area contributed by atoms with E-state index < -0.39 is 29.2 Å². The number of piperidine rings is 1. The summed E-state index contributed by atoms with van der Waals surface area (Å²) in [5.41, 5.74) is 1.60. The van der Waals surface area contributed by atoms with Crippen LogP contribution in [0.15, 0.2) is 62.2 Å². The zero-order valence-corrected chi connectivity index (χ0v) is 16.3. The van der Waals surface area contributed by atoms with Crippen molar-refractivity contribution in [3.05, 3.63) is 63.6 Å². The van der Waals surface area contributed by atoms with Gasteiger partial charge in [0.05, 0.1) is 5.52 Å². The maximum Gasteiger partial charge on any atom is 0.417 e. The van der Waals surface area contributed by atoms with Crippen LogP contribution in [0, 0.1) is 0 Å². The van der Waals surface area contributed by atoms with Gasteiger partial charge in [-0.25, -0.2) is 9.18 Å². The van der Waals surface area contributed by atoms with E-state index in [1.807, 2.05) is 4.90 Å². The molecule has 1 aliphatic heterocycles. The maximum absolute atomic E-state index is 14.7. The SMILES string of the molecule is O=C(Nc1ccc2[nH]c(=O)oc2c1)C(F)=C1CCN(C2=CC=C(C(F)(F)F)CC2)CC1. The third kappa shape index (κ3) is 4.57. The van der Waals surface area contributed by atoms with E-state index in [0.29, 0.717) is 37.0 Å². The van der Waals surface area contributed by atoms with E-state index >= 15 is 0 Å². The number of aromatic amines is 1. The molecule has 31 heavy (non-hydrogen) atoms. The van der Waals surface area contributed by atoms with Crippen LogP contribution in [0.25, 0.3) is 11.1 Å². The number of nitrogens with zero attached hydrogens (tertiary/aromatic N) is 1. The highest BCUT2D eigenvalue weighted by molar-refractivity contribution is 6.03. The van der Waals surface area contributed by atoms with Crippen molar-refractivity contribution < 1.29 is 26.8 Å². The number of alkyl halides is 3. The Bertz CT molecular complexity index is 1160. The monoisotopic (exact) mass is 437 g/mol. The Kier molecular flexibility index (Phi) is 5.47. The molecule has 4 rings (SSSR count). The summed E-state index contributed by atoms with van der Waals surface area (Å²) in [6.07, 6.45) is -0.924. The van der Waals surface area contributed by atoms with Crippen LogP contribution in [0.4, 0.5) is 23.2 Å². The molecule has 0 unspecified atom stereocenters. The predicted molar refractivity (Wildman–Crippen MR) is 106 cm³/mol. The summed E-state index contributed by atoms with van der Waals surface area (Å²) in [6, 6.07) is 4.48. The lowest BCUT2D eigenvalue weighted by Crippen LogP contribution is -2.32. The number of hydrogen-bond acceptors (Lipinski definition) is 4. The summed E-state index contributed by atoms with van der Waals surface area (Å²) in [6.45, 7) is 0.856. The largest absolute Gasteiger partial charge is 0.417 e. The third-order valence-corrected chi connectivity index (χ3v) is 5.45. The standard InChI is InChI=1S/C21H19F4N3O3/c22-18(19(29)26-14-3-6-16-17(11-14)31-20(30)27-16)12-7-9-28(10-8-12)15-4-1-13(2-5-15)21(23,24)25/h1,3-4,6,11H,2,5,7-10H2,(H,26,29)(H,27,30). The number of fused-ring (bicyclic) bond motifs is 1. The van der Waals surface area contributed by atoms with Crippen molar-refractivity contribution in [2.75, 3.05) is 18.4 Å². The molecule has 2 heterocycles. The Morgan fingerprint density at radius 2 is 1.84 bits per heavy atom. The molecule has 0 saturated carbocycles. The summed E-state index contributed by atoms with van der Waals surface area (Å²) in [4.78, 5) is 27.9. The minimum absolute atomic E-state index is 0.0725. The van der Waals surface area contributed by atoms with Crippen molar-refractivity contribution in [3.8, 4) is 0 Å². The average Bonchev–Trinajstić information content (AvgIpc) is 3.12. The number of H-pyrrole nitrogens is 1. The predicted octanol–water partition coefficient (Wildman–Crippen LogP) is 4.55. The van der Waals surface area contributed by atoms with Crippen LogP contribution in [0.3, 0.4) is 0 Å². The minimum Gasteiger partial charge on any atom is -0.408 e. The molecule has 0 bridgehead atoms. The highest BCUT2D eigenvalue weighted by Gasteiger charge is 2.34. The molecule has 0 spiro atoms. The number of likely N-dealkylation sites (tertiary alicyclic amines) is 1. The van der Waals surface area contributed by atoms with Gasteiger partial charge in [-0.1, -0.05) is 6.08 Å². The Labute approximate surface area is 173 Å². The summed E-state index contributed by atoms with van der Waals surface area (Å²) in [5.74, 6) is -2.39. The van der Waals surface area contributed by atoms with Gasteiger partial charge in [0.25, 0.3) is 5.91 Å². The molecular weight excluding hydrogens is 418 g/mol. The molecule has 1 fully saturated rings. The van der Waals surface area contributed by atoms with Crippen LogP contribution in [0.2, 0.25) is 0 Å². The summed E-state index contributed by atoms with van der Waals surface area (Å²) in [5, 5.41) is 2.45. The van der Waals surface area contributed by atoms with Crippen LogP contribution >= 0.6 is 0 Å². The van der Waals surface area contributed by atoms with Gasteiger partial charge in [-0.2, -0.15) is 13.2 Å². The van der Waals surface area contributed by atoms with E-state index in [-0.39, 0.29) is 24.1 Å². The number of aromatic nitrogens is 1. The Morgan fingerprint density at radius 3 is 2.48 bits per heavy atom. The molecule has 2 N–H and O–H groups in total. The van der Waals surface area contributed by atoms with Crippen molar-refractivity contribution in [2.45, 2.75) is 31.9 Å². The molecule has 10 heteroatoms. The zero-order valence-electron chi connectivity index (χ0n) is 16.3. The van der Waals surface area contributed by atoms with E-state index in [0.717, 1.165) is 11.8 Å². The van der Waals surface area contributed by atoms with Crippen molar-refractivity contribution >= 4 is 22.7 Å². The molecule has 6 nitrogen and oxygen atoms in total. The van der Waals surface area contributed by atoms with Crippen LogP contribution in [-0.4, -0.2) is 35.1 Å². The van der Waals surface area contributed by atoms with E-state index in [1.165, 1.54) is 24.3 Å². The summed E-state index contributed by atoms with van der Waals surface area (Å²) >= 11 is 0. The average molecular weight is 437 g/mol. The summed E-state index contributed by atoms with van der Waals surface area (Å²) < 4.78 is 57.8. The Hall–Kier alpha value is -3.30. The van der Waals surface area contributed by atoms with Gasteiger partial charge in [0.1, 0.15) is 0 Å². The lowest BCUT2D eigenvalue weighted by molar-refractivity contribution is -0.114. The number of anilines is 1. The lowest BCUT2D eigenvalue weighted by atomic mass is 9.97. The molecule has 2 aromatic rings. The van der Waals surface area contributed by atoms with Gasteiger partial charge in [-0.15, -0.1) is 0 Å².